The first-order valence-corrected chi connectivity index (χ1v) is 20.5. The number of amides is 2. The van der Waals surface area contributed by atoms with Crippen LogP contribution < -0.4 is 14.9 Å². The highest BCUT2D eigenvalue weighted by atomic mass is 79.9. The van der Waals surface area contributed by atoms with Crippen molar-refractivity contribution in [3.8, 4) is 11.5 Å². The van der Waals surface area contributed by atoms with Crippen molar-refractivity contribution >= 4 is 40.7 Å². The Labute approximate surface area is 331 Å². The Morgan fingerprint density at radius 3 is 1.48 bits per heavy atom. The van der Waals surface area contributed by atoms with Crippen molar-refractivity contribution < 1.29 is 37.8 Å². The van der Waals surface area contributed by atoms with Gasteiger partial charge in [0.1, 0.15) is 33.9 Å². The number of halogens is 1. The third kappa shape index (κ3) is 9.35. The van der Waals surface area contributed by atoms with Crippen LogP contribution in [0.1, 0.15) is 119 Å². The number of piperidine rings is 2. The fourth-order valence-electron chi connectivity index (χ4n) is 7.71. The van der Waals surface area contributed by atoms with E-state index in [4.69, 9.17) is 28.3 Å². The molecule has 3 saturated heterocycles. The number of likely N-dealkylation sites (tertiary alicyclic amines) is 2. The molecule has 0 bridgehead atoms. The van der Waals surface area contributed by atoms with Gasteiger partial charge < -0.3 is 38.1 Å². The summed E-state index contributed by atoms with van der Waals surface area (Å²) in [5, 5.41) is 0. The molecule has 5 aliphatic rings. The molecule has 12 heteroatoms. The Morgan fingerprint density at radius 2 is 1.06 bits per heavy atom. The van der Waals surface area contributed by atoms with E-state index in [9.17, 15) is 9.59 Å². The molecule has 2 aromatic carbocycles. The fraction of sp³-hybridized carbons (Fsp3) is 0.667. The molecule has 2 aromatic rings. The van der Waals surface area contributed by atoms with E-state index in [0.717, 1.165) is 72.8 Å². The Hall–Kier alpha value is -2.96. The predicted molar refractivity (Wildman–Crippen MR) is 214 cm³/mol. The van der Waals surface area contributed by atoms with Crippen LogP contribution in [0.3, 0.4) is 0 Å². The van der Waals surface area contributed by atoms with Gasteiger partial charge in [-0.3, -0.25) is 0 Å². The van der Waals surface area contributed by atoms with Crippen LogP contribution in [0.25, 0.3) is 0 Å². The van der Waals surface area contributed by atoms with Gasteiger partial charge in [0.15, 0.2) is 0 Å². The second-order valence-electron chi connectivity index (χ2n) is 18.7. The SMILES string of the molecule is CC(C)(C)OC(=O)N1CCC2(CCc3cc(B4OC(C)(C)C(C)(C)O4)ccc3O2)CC1.CC(C)(C)OC(=O)N1CCC2(CCc3cc(Br)ccc3O2)CC1. The molecule has 0 unspecified atom stereocenters. The number of benzene rings is 2. The van der Waals surface area contributed by atoms with E-state index >= 15 is 0 Å². The van der Waals surface area contributed by atoms with Crippen LogP contribution in [0.2, 0.25) is 0 Å². The van der Waals surface area contributed by atoms with Gasteiger partial charge in [0.25, 0.3) is 0 Å². The first-order valence-electron chi connectivity index (χ1n) is 19.7. The van der Waals surface area contributed by atoms with E-state index in [1.807, 2.05) is 53.7 Å². The minimum Gasteiger partial charge on any atom is -0.487 e. The number of fused-ring (bicyclic) bond motifs is 2. The monoisotopic (exact) mass is 810 g/mol. The van der Waals surface area contributed by atoms with Crippen molar-refractivity contribution in [3.63, 3.8) is 0 Å². The molecule has 5 heterocycles. The molecule has 10 nitrogen and oxygen atoms in total. The second-order valence-corrected chi connectivity index (χ2v) is 19.6. The van der Waals surface area contributed by atoms with E-state index in [1.54, 1.807) is 9.80 Å². The van der Waals surface area contributed by atoms with Gasteiger partial charge in [-0.2, -0.15) is 0 Å². The largest absolute Gasteiger partial charge is 0.494 e. The van der Waals surface area contributed by atoms with Crippen molar-refractivity contribution in [2.45, 2.75) is 154 Å². The van der Waals surface area contributed by atoms with Gasteiger partial charge >= 0.3 is 19.3 Å². The molecule has 0 aliphatic carbocycles. The van der Waals surface area contributed by atoms with Crippen molar-refractivity contribution in [2.24, 2.45) is 0 Å². The Morgan fingerprint density at radius 1 is 0.648 bits per heavy atom. The molecular formula is C42H60BBrN2O8. The molecule has 0 atom stereocenters. The maximum absolute atomic E-state index is 12.4. The molecule has 0 N–H and O–H groups in total. The van der Waals surface area contributed by atoms with E-state index in [0.29, 0.717) is 26.2 Å². The number of ether oxygens (including phenoxy) is 4. The van der Waals surface area contributed by atoms with Crippen molar-refractivity contribution in [1.82, 2.24) is 9.80 Å². The number of hydrogen-bond donors (Lipinski definition) is 0. The molecule has 3 fully saturated rings. The van der Waals surface area contributed by atoms with Gasteiger partial charge in [-0.1, -0.05) is 28.1 Å². The molecule has 2 spiro atoms. The standard InChI is InChI=1S/C24H36BNO5.C18H24BrNO3/c1-21(2,3)29-20(27)26-14-12-24(13-15-26)11-10-17-16-18(8-9-19(17)28-24)25-30-22(4,5)23(6,7)31-25;1-17(2,3)23-16(21)20-10-8-18(9-11-20)7-6-13-12-14(19)4-5-15(13)22-18/h8-9,16H,10-15H2,1-7H3;4-5,12H,6-11H2,1-3H3. The topological polar surface area (TPSA) is 96.0 Å². The lowest BCUT2D eigenvalue weighted by Crippen LogP contribution is -2.52. The molecule has 54 heavy (non-hydrogen) atoms. The summed E-state index contributed by atoms with van der Waals surface area (Å²) in [6.45, 7) is 22.4. The maximum Gasteiger partial charge on any atom is 0.494 e. The van der Waals surface area contributed by atoms with Gasteiger partial charge in [-0.15, -0.1) is 0 Å². The maximum atomic E-state index is 12.4. The summed E-state index contributed by atoms with van der Waals surface area (Å²) in [6, 6.07) is 12.5. The first kappa shape index (κ1) is 40.7. The number of aryl methyl sites for hydroxylation is 2. The lowest BCUT2D eigenvalue weighted by molar-refractivity contribution is -0.0281. The smallest absolute Gasteiger partial charge is 0.487 e. The zero-order valence-corrected chi connectivity index (χ0v) is 35.7. The van der Waals surface area contributed by atoms with Gasteiger partial charge in [-0.05, 0) is 136 Å². The Bertz CT molecular complexity index is 1680. The summed E-state index contributed by atoms with van der Waals surface area (Å²) >= 11 is 3.51. The summed E-state index contributed by atoms with van der Waals surface area (Å²) in [4.78, 5) is 28.2. The number of carbonyl (C=O) groups excluding carboxylic acids is 2. The molecule has 296 valence electrons. The Kier molecular flexibility index (Phi) is 11.2. The molecular weight excluding hydrogens is 751 g/mol. The van der Waals surface area contributed by atoms with E-state index in [1.165, 1.54) is 11.1 Å². The number of hydrogen-bond acceptors (Lipinski definition) is 8. The van der Waals surface area contributed by atoms with Gasteiger partial charge in [-0.25, -0.2) is 9.59 Å². The summed E-state index contributed by atoms with van der Waals surface area (Å²) in [7, 11) is -0.358. The second kappa shape index (κ2) is 14.8. The minimum absolute atomic E-state index is 0.126. The zero-order valence-electron chi connectivity index (χ0n) is 34.1. The van der Waals surface area contributed by atoms with Gasteiger partial charge in [0.05, 0.1) is 11.2 Å². The van der Waals surface area contributed by atoms with E-state index < -0.39 is 11.2 Å². The van der Waals surface area contributed by atoms with Crippen LogP contribution in [0.5, 0.6) is 11.5 Å². The zero-order chi connectivity index (χ0) is 39.3. The summed E-state index contributed by atoms with van der Waals surface area (Å²) in [5.74, 6) is 1.93. The lowest BCUT2D eigenvalue weighted by atomic mass is 9.76. The third-order valence-corrected chi connectivity index (χ3v) is 12.1. The van der Waals surface area contributed by atoms with Crippen LogP contribution in [0.4, 0.5) is 9.59 Å². The summed E-state index contributed by atoms with van der Waals surface area (Å²) in [6.07, 6.45) is 6.88. The van der Waals surface area contributed by atoms with Crippen LogP contribution >= 0.6 is 15.9 Å². The van der Waals surface area contributed by atoms with Gasteiger partial charge in [0.2, 0.25) is 0 Å². The first-order chi connectivity index (χ1) is 25.1. The average molecular weight is 812 g/mol. The molecule has 2 amide bonds. The van der Waals surface area contributed by atoms with E-state index in [-0.39, 0.29) is 41.7 Å². The molecule has 0 saturated carbocycles. The van der Waals surface area contributed by atoms with Crippen molar-refractivity contribution in [2.75, 3.05) is 26.2 Å². The van der Waals surface area contributed by atoms with Gasteiger partial charge in [0, 0.05) is 56.3 Å². The fourth-order valence-corrected chi connectivity index (χ4v) is 8.12. The highest BCUT2D eigenvalue weighted by molar-refractivity contribution is 9.10. The van der Waals surface area contributed by atoms with Crippen molar-refractivity contribution in [1.29, 1.82) is 0 Å². The summed E-state index contributed by atoms with van der Waals surface area (Å²) < 4.78 is 37.4. The van der Waals surface area contributed by atoms with Crippen LogP contribution in [-0.2, 0) is 31.6 Å². The highest BCUT2D eigenvalue weighted by Crippen LogP contribution is 2.42. The minimum atomic E-state index is -0.471. The third-order valence-electron chi connectivity index (χ3n) is 11.6. The summed E-state index contributed by atoms with van der Waals surface area (Å²) in [5.41, 5.74) is 1.56. The average Bonchev–Trinajstić information content (AvgIpc) is 3.30. The van der Waals surface area contributed by atoms with E-state index in [2.05, 4.69) is 67.9 Å². The molecule has 7 rings (SSSR count). The molecule has 5 aliphatic heterocycles. The number of carbonyl (C=O) groups is 2. The predicted octanol–water partition coefficient (Wildman–Crippen LogP) is 8.62. The number of rotatable bonds is 1. The molecule has 0 aromatic heterocycles. The lowest BCUT2D eigenvalue weighted by Gasteiger charge is -2.44. The van der Waals surface area contributed by atoms with Crippen molar-refractivity contribution in [3.05, 3.63) is 52.0 Å². The van der Waals surface area contributed by atoms with Crippen LogP contribution in [-0.4, -0.2) is 88.9 Å². The normalized spacial score (nSPS) is 22.2. The molecule has 0 radical (unpaired) electrons. The quantitative estimate of drug-likeness (QED) is 0.265. The van der Waals surface area contributed by atoms with Crippen LogP contribution in [0, 0.1) is 0 Å². The number of nitrogens with zero attached hydrogens (tertiary/aromatic N) is 2. The highest BCUT2D eigenvalue weighted by Gasteiger charge is 2.52. The van der Waals surface area contributed by atoms with Crippen LogP contribution in [0.15, 0.2) is 40.9 Å². The Balaban J connectivity index is 0.000000193.